The second-order valence-electron chi connectivity index (χ2n) is 3.45. The molecule has 11 heavy (non-hydrogen) atoms. The van der Waals surface area contributed by atoms with Crippen LogP contribution in [0.25, 0.3) is 0 Å². The van der Waals surface area contributed by atoms with Crippen LogP contribution in [0.5, 0.6) is 0 Å². The maximum atomic E-state index is 10.9. The van der Waals surface area contributed by atoms with Crippen LogP contribution in [0.4, 0.5) is 0 Å². The van der Waals surface area contributed by atoms with Crippen molar-refractivity contribution < 1.29 is 4.79 Å². The lowest BCUT2D eigenvalue weighted by atomic mass is 9.89. The molecule has 2 aliphatic rings. The van der Waals surface area contributed by atoms with E-state index in [1.54, 1.807) is 0 Å². The summed E-state index contributed by atoms with van der Waals surface area (Å²) in [4.78, 5) is 10.9. The van der Waals surface area contributed by atoms with Crippen molar-refractivity contribution in [2.45, 2.75) is 37.8 Å². The molecule has 1 heterocycles. The molecule has 2 atom stereocenters. The zero-order chi connectivity index (χ0) is 7.68. The molecule has 3 heteroatoms. The van der Waals surface area contributed by atoms with Crippen molar-refractivity contribution in [2.75, 3.05) is 6.54 Å². The van der Waals surface area contributed by atoms with Crippen LogP contribution in [0.3, 0.4) is 0 Å². The van der Waals surface area contributed by atoms with Crippen LogP contribution in [0.2, 0.25) is 0 Å². The first-order valence-corrected chi connectivity index (χ1v) is 4.39. The van der Waals surface area contributed by atoms with Crippen LogP contribution in [0.1, 0.15) is 25.7 Å². The number of carbonyl (C=O) groups excluding carboxylic acids is 1. The maximum Gasteiger partial charge on any atom is 0.234 e. The molecule has 3 nitrogen and oxygen atoms in total. The molecule has 0 aromatic rings. The van der Waals surface area contributed by atoms with E-state index in [1.807, 2.05) is 0 Å². The van der Waals surface area contributed by atoms with Crippen molar-refractivity contribution in [3.05, 3.63) is 0 Å². The summed E-state index contributed by atoms with van der Waals surface area (Å²) in [5.74, 6) is 0.160. The van der Waals surface area contributed by atoms with E-state index in [2.05, 4.69) is 10.6 Å². The van der Waals surface area contributed by atoms with Crippen LogP contribution in [-0.4, -0.2) is 24.5 Å². The molecular weight excluding hydrogens is 140 g/mol. The molecule has 0 radical (unpaired) electrons. The molecule has 2 fully saturated rings. The van der Waals surface area contributed by atoms with Gasteiger partial charge < -0.3 is 10.6 Å². The average Bonchev–Trinajstić information content (AvgIpc) is 2.04. The summed E-state index contributed by atoms with van der Waals surface area (Å²) in [6.45, 7) is 0.515. The van der Waals surface area contributed by atoms with Gasteiger partial charge in [0.05, 0.1) is 6.54 Å². The van der Waals surface area contributed by atoms with Gasteiger partial charge in [-0.15, -0.1) is 0 Å². The fourth-order valence-corrected chi connectivity index (χ4v) is 2.03. The van der Waals surface area contributed by atoms with E-state index >= 15 is 0 Å². The quantitative estimate of drug-likeness (QED) is 0.516. The SMILES string of the molecule is O=C1CN[C@@H]2CCCC[C@H]2N1. The van der Waals surface area contributed by atoms with Gasteiger partial charge in [-0.3, -0.25) is 4.79 Å². The van der Waals surface area contributed by atoms with Crippen molar-refractivity contribution in [2.24, 2.45) is 0 Å². The monoisotopic (exact) mass is 154 g/mol. The highest BCUT2D eigenvalue weighted by molar-refractivity contribution is 5.79. The van der Waals surface area contributed by atoms with Crippen molar-refractivity contribution in [1.82, 2.24) is 10.6 Å². The number of piperazine rings is 1. The van der Waals surface area contributed by atoms with Crippen LogP contribution >= 0.6 is 0 Å². The molecule has 1 saturated heterocycles. The predicted molar refractivity (Wildman–Crippen MR) is 42.2 cm³/mol. The largest absolute Gasteiger partial charge is 0.351 e. The lowest BCUT2D eigenvalue weighted by Crippen LogP contribution is -2.59. The van der Waals surface area contributed by atoms with E-state index in [4.69, 9.17) is 0 Å². The van der Waals surface area contributed by atoms with Crippen LogP contribution in [0, 0.1) is 0 Å². The summed E-state index contributed by atoms with van der Waals surface area (Å²) in [6.07, 6.45) is 4.96. The molecule has 2 N–H and O–H groups in total. The summed E-state index contributed by atoms with van der Waals surface area (Å²) in [5, 5.41) is 6.28. The minimum atomic E-state index is 0.160. The Morgan fingerprint density at radius 2 is 1.91 bits per heavy atom. The fraction of sp³-hybridized carbons (Fsp3) is 0.875. The second kappa shape index (κ2) is 2.81. The van der Waals surface area contributed by atoms with Crippen molar-refractivity contribution in [3.63, 3.8) is 0 Å². The Kier molecular flexibility index (Phi) is 1.82. The third kappa shape index (κ3) is 1.38. The van der Waals surface area contributed by atoms with Gasteiger partial charge in [-0.2, -0.15) is 0 Å². The van der Waals surface area contributed by atoms with Gasteiger partial charge in [-0.1, -0.05) is 12.8 Å². The first-order valence-electron chi connectivity index (χ1n) is 4.39. The molecule has 1 aliphatic carbocycles. The number of rotatable bonds is 0. The van der Waals surface area contributed by atoms with Gasteiger partial charge in [-0.05, 0) is 12.8 Å². The van der Waals surface area contributed by atoms with Gasteiger partial charge in [0, 0.05) is 12.1 Å². The van der Waals surface area contributed by atoms with Gasteiger partial charge in [0.1, 0.15) is 0 Å². The van der Waals surface area contributed by atoms with E-state index in [1.165, 1.54) is 19.3 Å². The average molecular weight is 154 g/mol. The molecule has 1 amide bonds. The second-order valence-corrected chi connectivity index (χ2v) is 3.45. The molecule has 0 bridgehead atoms. The number of carbonyl (C=O) groups is 1. The highest BCUT2D eigenvalue weighted by Crippen LogP contribution is 2.19. The smallest absolute Gasteiger partial charge is 0.234 e. The summed E-state index contributed by atoms with van der Waals surface area (Å²) in [6, 6.07) is 0.978. The van der Waals surface area contributed by atoms with Crippen LogP contribution in [0.15, 0.2) is 0 Å². The molecule has 1 saturated carbocycles. The van der Waals surface area contributed by atoms with Gasteiger partial charge >= 0.3 is 0 Å². The van der Waals surface area contributed by atoms with E-state index in [-0.39, 0.29) is 5.91 Å². The fourth-order valence-electron chi connectivity index (χ4n) is 2.03. The van der Waals surface area contributed by atoms with E-state index in [9.17, 15) is 4.79 Å². The topological polar surface area (TPSA) is 41.1 Å². The normalized spacial score (nSPS) is 37.6. The molecular formula is C8H14N2O. The third-order valence-corrected chi connectivity index (χ3v) is 2.64. The lowest BCUT2D eigenvalue weighted by Gasteiger charge is -2.36. The Morgan fingerprint density at radius 3 is 2.73 bits per heavy atom. The first-order chi connectivity index (χ1) is 5.36. The lowest BCUT2D eigenvalue weighted by molar-refractivity contribution is -0.123. The van der Waals surface area contributed by atoms with Crippen molar-refractivity contribution in [1.29, 1.82) is 0 Å². The van der Waals surface area contributed by atoms with Gasteiger partial charge in [0.15, 0.2) is 0 Å². The molecule has 1 aliphatic heterocycles. The predicted octanol–water partition coefficient (Wildman–Crippen LogP) is 0.0170. The summed E-state index contributed by atoms with van der Waals surface area (Å²) >= 11 is 0. The number of nitrogens with one attached hydrogen (secondary N) is 2. The van der Waals surface area contributed by atoms with Gasteiger partial charge in [0.25, 0.3) is 0 Å². The summed E-state index contributed by atoms with van der Waals surface area (Å²) < 4.78 is 0. The highest BCUT2D eigenvalue weighted by atomic mass is 16.2. The van der Waals surface area contributed by atoms with E-state index in [0.29, 0.717) is 18.6 Å². The standard InChI is InChI=1S/C8H14N2O/c11-8-5-9-6-3-1-2-4-7(6)10-8/h6-7,9H,1-5H2,(H,10,11)/t6-,7-/m1/s1. The number of fused-ring (bicyclic) bond motifs is 1. The van der Waals surface area contributed by atoms with E-state index < -0.39 is 0 Å². The van der Waals surface area contributed by atoms with Gasteiger partial charge in [-0.25, -0.2) is 0 Å². The molecule has 62 valence electrons. The molecule has 0 unspecified atom stereocenters. The molecule has 0 aromatic carbocycles. The first kappa shape index (κ1) is 7.10. The Morgan fingerprint density at radius 1 is 1.18 bits per heavy atom. The van der Waals surface area contributed by atoms with Gasteiger partial charge in [0.2, 0.25) is 5.91 Å². The zero-order valence-corrected chi connectivity index (χ0v) is 6.60. The molecule has 0 aromatic heterocycles. The number of hydrogen-bond acceptors (Lipinski definition) is 2. The molecule has 0 spiro atoms. The van der Waals surface area contributed by atoms with Crippen molar-refractivity contribution in [3.8, 4) is 0 Å². The Balaban J connectivity index is 1.98. The Labute approximate surface area is 66.5 Å². The Bertz CT molecular complexity index is 169. The minimum Gasteiger partial charge on any atom is -0.351 e. The Hall–Kier alpha value is -0.570. The van der Waals surface area contributed by atoms with Crippen molar-refractivity contribution >= 4 is 5.91 Å². The summed E-state index contributed by atoms with van der Waals surface area (Å²) in [7, 11) is 0. The number of hydrogen-bond donors (Lipinski definition) is 2. The van der Waals surface area contributed by atoms with E-state index in [0.717, 1.165) is 6.42 Å². The number of amides is 1. The minimum absolute atomic E-state index is 0.160. The van der Waals surface area contributed by atoms with Crippen LogP contribution < -0.4 is 10.6 Å². The summed E-state index contributed by atoms with van der Waals surface area (Å²) in [5.41, 5.74) is 0. The highest BCUT2D eigenvalue weighted by Gasteiger charge is 2.29. The zero-order valence-electron chi connectivity index (χ0n) is 6.60. The third-order valence-electron chi connectivity index (χ3n) is 2.64. The maximum absolute atomic E-state index is 10.9. The van der Waals surface area contributed by atoms with Crippen LogP contribution in [-0.2, 0) is 4.79 Å². The molecule has 2 rings (SSSR count).